The summed E-state index contributed by atoms with van der Waals surface area (Å²) in [5.74, 6) is -0.241. The number of hydrogen-bond acceptors (Lipinski definition) is 2. The molecule has 0 spiro atoms. The molecule has 0 aromatic rings. The van der Waals surface area contributed by atoms with Crippen LogP contribution in [0.15, 0.2) is 0 Å². The number of aliphatic carboxylic acids is 1. The number of nitrogens with two attached hydrogens (primary N) is 1. The van der Waals surface area contributed by atoms with Crippen molar-refractivity contribution in [3.05, 3.63) is 0 Å². The molecule has 0 aliphatic carbocycles. The Kier molecular flexibility index (Phi) is 6.54. The van der Waals surface area contributed by atoms with E-state index < -0.39 is 12.0 Å². The highest BCUT2D eigenvalue weighted by Crippen LogP contribution is 2.19. The van der Waals surface area contributed by atoms with E-state index in [1.807, 2.05) is 6.92 Å². The van der Waals surface area contributed by atoms with Crippen LogP contribution in [0.3, 0.4) is 0 Å². The van der Waals surface area contributed by atoms with E-state index in [0.717, 1.165) is 6.42 Å². The lowest BCUT2D eigenvalue weighted by Crippen LogP contribution is -2.37. The Morgan fingerprint density at radius 1 is 1.43 bits per heavy atom. The summed E-state index contributed by atoms with van der Waals surface area (Å²) in [6.45, 7) is 6.25. The normalized spacial score (nSPS) is 17.4. The third-order valence-electron chi connectivity index (χ3n) is 2.72. The van der Waals surface area contributed by atoms with Gasteiger partial charge < -0.3 is 10.8 Å². The van der Waals surface area contributed by atoms with Crippen molar-refractivity contribution in [3.8, 4) is 0 Å². The Morgan fingerprint density at radius 2 is 2.00 bits per heavy atom. The molecule has 0 heterocycles. The molecule has 0 radical (unpaired) electrons. The molecular weight excluding hydrogens is 178 g/mol. The van der Waals surface area contributed by atoms with Gasteiger partial charge in [0.05, 0.1) is 0 Å². The fourth-order valence-electron chi connectivity index (χ4n) is 1.70. The monoisotopic (exact) mass is 201 g/mol. The van der Waals surface area contributed by atoms with Gasteiger partial charge in [0.15, 0.2) is 0 Å². The molecule has 0 saturated heterocycles. The Morgan fingerprint density at radius 3 is 2.43 bits per heavy atom. The molecule has 0 aromatic heterocycles. The van der Waals surface area contributed by atoms with Gasteiger partial charge in [-0.2, -0.15) is 0 Å². The molecule has 0 aliphatic rings. The summed E-state index contributed by atoms with van der Waals surface area (Å²) < 4.78 is 0. The van der Waals surface area contributed by atoms with Crippen LogP contribution in [0.25, 0.3) is 0 Å². The largest absolute Gasteiger partial charge is 0.480 e. The zero-order valence-electron chi connectivity index (χ0n) is 9.49. The number of carboxylic acids is 1. The van der Waals surface area contributed by atoms with Crippen LogP contribution >= 0.6 is 0 Å². The number of carboxylic acid groups (broad SMARTS) is 1. The second-order valence-electron chi connectivity index (χ2n) is 4.32. The van der Waals surface area contributed by atoms with Gasteiger partial charge in [-0.15, -0.1) is 0 Å². The summed E-state index contributed by atoms with van der Waals surface area (Å²) in [5.41, 5.74) is 5.54. The standard InChI is InChI=1S/C11H23NO2/c1-4-5-6-8(2)7-9(3)10(12)11(13)14/h8-10H,4-7,12H2,1-3H3,(H,13,14). The van der Waals surface area contributed by atoms with E-state index in [1.165, 1.54) is 19.3 Å². The van der Waals surface area contributed by atoms with Crippen LogP contribution in [-0.4, -0.2) is 17.1 Å². The second kappa shape index (κ2) is 6.82. The van der Waals surface area contributed by atoms with E-state index in [9.17, 15) is 4.79 Å². The number of unbranched alkanes of at least 4 members (excludes halogenated alkanes) is 1. The van der Waals surface area contributed by atoms with Gasteiger partial charge in [-0.1, -0.05) is 40.0 Å². The van der Waals surface area contributed by atoms with Gasteiger partial charge in [-0.05, 0) is 18.3 Å². The summed E-state index contributed by atoms with van der Waals surface area (Å²) in [4.78, 5) is 10.6. The van der Waals surface area contributed by atoms with Crippen LogP contribution in [0.1, 0.15) is 46.5 Å². The van der Waals surface area contributed by atoms with Gasteiger partial charge in [0.1, 0.15) is 6.04 Å². The Labute approximate surface area is 86.7 Å². The average Bonchev–Trinajstić information content (AvgIpc) is 2.13. The maximum Gasteiger partial charge on any atom is 0.320 e. The highest BCUT2D eigenvalue weighted by Gasteiger charge is 2.21. The zero-order chi connectivity index (χ0) is 11.1. The highest BCUT2D eigenvalue weighted by atomic mass is 16.4. The molecule has 14 heavy (non-hydrogen) atoms. The van der Waals surface area contributed by atoms with Gasteiger partial charge in [0, 0.05) is 0 Å². The lowest BCUT2D eigenvalue weighted by atomic mass is 9.89. The van der Waals surface area contributed by atoms with Gasteiger partial charge in [-0.3, -0.25) is 4.79 Å². The molecule has 0 fully saturated rings. The van der Waals surface area contributed by atoms with E-state index >= 15 is 0 Å². The van der Waals surface area contributed by atoms with Crippen molar-refractivity contribution < 1.29 is 9.90 Å². The van der Waals surface area contributed by atoms with Crippen molar-refractivity contribution in [1.82, 2.24) is 0 Å². The predicted molar refractivity (Wildman–Crippen MR) is 58.1 cm³/mol. The van der Waals surface area contributed by atoms with Crippen LogP contribution in [0, 0.1) is 11.8 Å². The molecule has 0 saturated carbocycles. The van der Waals surface area contributed by atoms with E-state index in [4.69, 9.17) is 10.8 Å². The van der Waals surface area contributed by atoms with Crippen molar-refractivity contribution in [3.63, 3.8) is 0 Å². The first-order valence-electron chi connectivity index (χ1n) is 5.47. The Balaban J connectivity index is 3.80. The van der Waals surface area contributed by atoms with Gasteiger partial charge in [-0.25, -0.2) is 0 Å². The van der Waals surface area contributed by atoms with E-state index in [1.54, 1.807) is 0 Å². The molecular formula is C11H23NO2. The molecule has 3 N–H and O–H groups in total. The zero-order valence-corrected chi connectivity index (χ0v) is 9.49. The smallest absolute Gasteiger partial charge is 0.320 e. The first-order valence-corrected chi connectivity index (χ1v) is 5.47. The third-order valence-corrected chi connectivity index (χ3v) is 2.72. The quantitative estimate of drug-likeness (QED) is 0.664. The highest BCUT2D eigenvalue weighted by molar-refractivity contribution is 5.73. The molecule has 0 rings (SSSR count). The fourth-order valence-corrected chi connectivity index (χ4v) is 1.70. The summed E-state index contributed by atoms with van der Waals surface area (Å²) in [5, 5.41) is 8.72. The van der Waals surface area contributed by atoms with E-state index in [-0.39, 0.29) is 5.92 Å². The summed E-state index contributed by atoms with van der Waals surface area (Å²) in [7, 11) is 0. The Hall–Kier alpha value is -0.570. The lowest BCUT2D eigenvalue weighted by Gasteiger charge is -2.19. The lowest BCUT2D eigenvalue weighted by molar-refractivity contribution is -0.139. The SMILES string of the molecule is CCCCC(C)CC(C)C(N)C(=O)O. The minimum absolute atomic E-state index is 0.0688. The molecule has 0 amide bonds. The van der Waals surface area contributed by atoms with Gasteiger partial charge in [0.2, 0.25) is 0 Å². The molecule has 0 aliphatic heterocycles. The van der Waals surface area contributed by atoms with Crippen molar-refractivity contribution in [1.29, 1.82) is 0 Å². The van der Waals surface area contributed by atoms with Gasteiger partial charge >= 0.3 is 5.97 Å². The number of rotatable bonds is 7. The van der Waals surface area contributed by atoms with E-state index in [0.29, 0.717) is 5.92 Å². The first-order chi connectivity index (χ1) is 6.49. The van der Waals surface area contributed by atoms with Crippen molar-refractivity contribution in [2.45, 2.75) is 52.5 Å². The van der Waals surface area contributed by atoms with Crippen LogP contribution in [-0.2, 0) is 4.79 Å². The third kappa shape index (κ3) is 5.22. The molecule has 3 atom stereocenters. The minimum atomic E-state index is -0.889. The van der Waals surface area contributed by atoms with Crippen LogP contribution in [0.4, 0.5) is 0 Å². The summed E-state index contributed by atoms with van der Waals surface area (Å²) >= 11 is 0. The second-order valence-corrected chi connectivity index (χ2v) is 4.32. The minimum Gasteiger partial charge on any atom is -0.480 e. The van der Waals surface area contributed by atoms with Crippen LogP contribution in [0.5, 0.6) is 0 Å². The van der Waals surface area contributed by atoms with Crippen LogP contribution < -0.4 is 5.73 Å². The van der Waals surface area contributed by atoms with Gasteiger partial charge in [0.25, 0.3) is 0 Å². The average molecular weight is 201 g/mol. The van der Waals surface area contributed by atoms with Crippen molar-refractivity contribution in [2.24, 2.45) is 17.6 Å². The first kappa shape index (κ1) is 13.4. The molecule has 0 aromatic carbocycles. The number of carbonyl (C=O) groups is 1. The van der Waals surface area contributed by atoms with Crippen molar-refractivity contribution in [2.75, 3.05) is 0 Å². The molecule has 3 heteroatoms. The summed E-state index contributed by atoms with van der Waals surface area (Å²) in [6, 6.07) is -0.709. The molecule has 3 nitrogen and oxygen atoms in total. The fraction of sp³-hybridized carbons (Fsp3) is 0.909. The van der Waals surface area contributed by atoms with Crippen molar-refractivity contribution >= 4 is 5.97 Å². The molecule has 84 valence electrons. The topological polar surface area (TPSA) is 63.3 Å². The predicted octanol–water partition coefficient (Wildman–Crippen LogP) is 2.25. The van der Waals surface area contributed by atoms with Crippen LogP contribution in [0.2, 0.25) is 0 Å². The maximum absolute atomic E-state index is 10.6. The van der Waals surface area contributed by atoms with E-state index in [2.05, 4.69) is 13.8 Å². The number of hydrogen-bond donors (Lipinski definition) is 2. The molecule has 3 unspecified atom stereocenters. The molecule has 0 bridgehead atoms. The maximum atomic E-state index is 10.6. The summed E-state index contributed by atoms with van der Waals surface area (Å²) in [6.07, 6.45) is 4.50. The Bertz CT molecular complexity index is 171.